The first kappa shape index (κ1) is 12.6. The summed E-state index contributed by atoms with van der Waals surface area (Å²) in [4.78, 5) is 0.219. The van der Waals surface area contributed by atoms with E-state index in [2.05, 4.69) is 15.9 Å². The van der Waals surface area contributed by atoms with Gasteiger partial charge < -0.3 is 0 Å². The molecule has 0 spiro atoms. The van der Waals surface area contributed by atoms with Gasteiger partial charge in [-0.1, -0.05) is 34.8 Å². The van der Waals surface area contributed by atoms with Crippen LogP contribution in [-0.2, 0) is 6.42 Å². The molecule has 2 aliphatic rings. The fourth-order valence-electron chi connectivity index (χ4n) is 3.64. The van der Waals surface area contributed by atoms with Crippen LogP contribution in [0.2, 0.25) is 0 Å². The van der Waals surface area contributed by atoms with Gasteiger partial charge in [0, 0.05) is 10.4 Å². The molecular formula is C15H17BrF2. The third-order valence-electron chi connectivity index (χ3n) is 4.60. The number of benzene rings is 1. The zero-order chi connectivity index (χ0) is 12.7. The van der Waals surface area contributed by atoms with Gasteiger partial charge in [0.05, 0.1) is 0 Å². The zero-order valence-electron chi connectivity index (χ0n) is 10.2. The Morgan fingerprint density at radius 3 is 2.22 bits per heavy atom. The van der Waals surface area contributed by atoms with Crippen LogP contribution in [0.1, 0.15) is 31.2 Å². The van der Waals surface area contributed by atoms with Crippen molar-refractivity contribution in [2.45, 2.75) is 36.9 Å². The maximum atomic E-state index is 13.6. The third-order valence-corrected chi connectivity index (χ3v) is 5.54. The summed E-state index contributed by atoms with van der Waals surface area (Å²) in [5.74, 6) is 1.41. The van der Waals surface area contributed by atoms with Crippen molar-refractivity contribution in [3.8, 4) is 0 Å². The average Bonchev–Trinajstić information content (AvgIpc) is 3.08. The molecule has 2 saturated carbocycles. The summed E-state index contributed by atoms with van der Waals surface area (Å²) in [5.41, 5.74) is 0.239. The highest BCUT2D eigenvalue weighted by atomic mass is 79.9. The Labute approximate surface area is 115 Å². The Balaban J connectivity index is 1.70. The molecule has 1 aromatic rings. The fraction of sp³-hybridized carbons (Fsp3) is 0.600. The van der Waals surface area contributed by atoms with Crippen LogP contribution < -0.4 is 0 Å². The molecular weight excluding hydrogens is 298 g/mol. The van der Waals surface area contributed by atoms with E-state index >= 15 is 0 Å². The van der Waals surface area contributed by atoms with Crippen molar-refractivity contribution in [2.24, 2.45) is 17.8 Å². The summed E-state index contributed by atoms with van der Waals surface area (Å²) in [6.07, 6.45) is 5.72. The molecule has 3 heteroatoms. The van der Waals surface area contributed by atoms with Crippen molar-refractivity contribution < 1.29 is 8.78 Å². The highest BCUT2D eigenvalue weighted by Gasteiger charge is 2.53. The van der Waals surface area contributed by atoms with E-state index in [1.54, 1.807) is 0 Å². The Kier molecular flexibility index (Phi) is 3.44. The van der Waals surface area contributed by atoms with E-state index in [4.69, 9.17) is 0 Å². The zero-order valence-corrected chi connectivity index (χ0v) is 11.8. The minimum atomic E-state index is -0.414. The molecule has 3 rings (SSSR count). The lowest BCUT2D eigenvalue weighted by Crippen LogP contribution is -2.10. The van der Waals surface area contributed by atoms with Crippen molar-refractivity contribution in [3.63, 3.8) is 0 Å². The van der Waals surface area contributed by atoms with Crippen molar-refractivity contribution in [1.29, 1.82) is 0 Å². The van der Waals surface area contributed by atoms with Gasteiger partial charge in [-0.3, -0.25) is 0 Å². The molecule has 2 aliphatic carbocycles. The molecule has 0 nitrogen and oxygen atoms in total. The summed E-state index contributed by atoms with van der Waals surface area (Å²) in [6.45, 7) is 0. The number of fused-ring (bicyclic) bond motifs is 1. The average molecular weight is 315 g/mol. The lowest BCUT2D eigenvalue weighted by atomic mass is 10.0. The molecule has 0 N–H and O–H groups in total. The van der Waals surface area contributed by atoms with E-state index < -0.39 is 11.6 Å². The second-order valence-corrected chi connectivity index (χ2v) is 6.79. The topological polar surface area (TPSA) is 0 Å². The molecule has 3 unspecified atom stereocenters. The van der Waals surface area contributed by atoms with Gasteiger partial charge in [0.1, 0.15) is 11.6 Å². The molecule has 0 saturated heterocycles. The summed E-state index contributed by atoms with van der Waals surface area (Å²) >= 11 is 3.67. The summed E-state index contributed by atoms with van der Waals surface area (Å²) in [6, 6.07) is 4.12. The smallest absolute Gasteiger partial charge is 0.129 e. The normalized spacial score (nSPS) is 31.8. The van der Waals surface area contributed by atoms with Crippen LogP contribution in [-0.4, -0.2) is 4.83 Å². The van der Waals surface area contributed by atoms with Crippen LogP contribution in [0.3, 0.4) is 0 Å². The van der Waals surface area contributed by atoms with E-state index in [9.17, 15) is 8.78 Å². The van der Waals surface area contributed by atoms with Gasteiger partial charge in [-0.2, -0.15) is 0 Å². The third kappa shape index (κ3) is 2.22. The van der Waals surface area contributed by atoms with Crippen LogP contribution in [0.15, 0.2) is 18.2 Å². The second kappa shape index (κ2) is 4.92. The fourth-order valence-corrected chi connectivity index (χ4v) is 4.75. The van der Waals surface area contributed by atoms with Gasteiger partial charge in [0.2, 0.25) is 0 Å². The van der Waals surface area contributed by atoms with E-state index in [0.717, 1.165) is 11.8 Å². The van der Waals surface area contributed by atoms with Gasteiger partial charge in [-0.15, -0.1) is 0 Å². The lowest BCUT2D eigenvalue weighted by Gasteiger charge is -2.11. The summed E-state index contributed by atoms with van der Waals surface area (Å²) in [7, 11) is 0. The first-order valence-electron chi connectivity index (χ1n) is 6.75. The first-order chi connectivity index (χ1) is 8.68. The predicted octanol–water partition coefficient (Wildman–Crippen LogP) is 4.71. The van der Waals surface area contributed by atoms with Crippen molar-refractivity contribution in [1.82, 2.24) is 0 Å². The van der Waals surface area contributed by atoms with E-state index in [0.29, 0.717) is 12.3 Å². The molecule has 98 valence electrons. The summed E-state index contributed by atoms with van der Waals surface area (Å²) < 4.78 is 27.2. The Hall–Kier alpha value is -0.440. The predicted molar refractivity (Wildman–Crippen MR) is 71.7 cm³/mol. The minimum absolute atomic E-state index is 0.219. The quantitative estimate of drug-likeness (QED) is 0.709. The van der Waals surface area contributed by atoms with Gasteiger partial charge >= 0.3 is 0 Å². The molecule has 0 aromatic heterocycles. The molecule has 18 heavy (non-hydrogen) atoms. The van der Waals surface area contributed by atoms with E-state index in [1.807, 2.05) is 0 Å². The Morgan fingerprint density at radius 2 is 1.67 bits per heavy atom. The van der Waals surface area contributed by atoms with E-state index in [1.165, 1.54) is 43.9 Å². The Morgan fingerprint density at radius 1 is 1.11 bits per heavy atom. The van der Waals surface area contributed by atoms with Crippen molar-refractivity contribution in [3.05, 3.63) is 35.4 Å². The molecule has 0 amide bonds. The van der Waals surface area contributed by atoms with Crippen molar-refractivity contribution >= 4 is 15.9 Å². The maximum absolute atomic E-state index is 13.6. The first-order valence-corrected chi connectivity index (χ1v) is 7.67. The highest BCUT2D eigenvalue weighted by molar-refractivity contribution is 9.09. The number of hydrogen-bond acceptors (Lipinski definition) is 0. The van der Waals surface area contributed by atoms with Crippen LogP contribution in [0.5, 0.6) is 0 Å². The number of alkyl halides is 1. The summed E-state index contributed by atoms with van der Waals surface area (Å²) in [5, 5.41) is 0. The van der Waals surface area contributed by atoms with Gasteiger partial charge in [0.15, 0.2) is 0 Å². The molecule has 1 aromatic carbocycles. The van der Waals surface area contributed by atoms with E-state index in [-0.39, 0.29) is 10.4 Å². The monoisotopic (exact) mass is 314 g/mol. The largest absolute Gasteiger partial charge is 0.207 e. The van der Waals surface area contributed by atoms with Crippen LogP contribution in [0.4, 0.5) is 8.78 Å². The standard InChI is InChI=1S/C15H17BrF2/c16-12(15-9-4-1-2-5-10(9)15)8-11-13(17)6-3-7-14(11)18/h3,6-7,9-10,12,15H,1-2,4-5,8H2. The molecule has 0 heterocycles. The maximum Gasteiger partial charge on any atom is 0.129 e. The van der Waals surface area contributed by atoms with Crippen molar-refractivity contribution in [2.75, 3.05) is 0 Å². The molecule has 2 fully saturated rings. The van der Waals surface area contributed by atoms with Crippen LogP contribution >= 0.6 is 15.9 Å². The lowest BCUT2D eigenvalue weighted by molar-refractivity contribution is 0.480. The SMILES string of the molecule is Fc1cccc(F)c1CC(Br)C1C2CCCCC21. The number of hydrogen-bond donors (Lipinski definition) is 0. The molecule has 0 radical (unpaired) electrons. The number of rotatable bonds is 3. The van der Waals surface area contributed by atoms with Crippen LogP contribution in [0, 0.1) is 29.4 Å². The van der Waals surface area contributed by atoms with Gasteiger partial charge in [0.25, 0.3) is 0 Å². The minimum Gasteiger partial charge on any atom is -0.207 e. The van der Waals surface area contributed by atoms with Gasteiger partial charge in [-0.05, 0) is 49.1 Å². The highest BCUT2D eigenvalue weighted by Crippen LogP contribution is 2.58. The Bertz CT molecular complexity index is 414. The van der Waals surface area contributed by atoms with Gasteiger partial charge in [-0.25, -0.2) is 8.78 Å². The van der Waals surface area contributed by atoms with Crippen LogP contribution in [0.25, 0.3) is 0 Å². The molecule has 3 atom stereocenters. The molecule has 0 aliphatic heterocycles. The number of halogens is 3. The second-order valence-electron chi connectivity index (χ2n) is 5.61. The molecule has 0 bridgehead atoms.